The zero-order valence-electron chi connectivity index (χ0n) is 3.50. The van der Waals surface area contributed by atoms with Crippen molar-refractivity contribution < 1.29 is 0 Å². The normalized spacial score (nSPS) is 8.71. The van der Waals surface area contributed by atoms with E-state index >= 15 is 0 Å². The lowest BCUT2D eigenvalue weighted by Gasteiger charge is -1.78. The van der Waals surface area contributed by atoms with Gasteiger partial charge in [0.2, 0.25) is 5.28 Å². The molecule has 0 spiro atoms. The van der Waals surface area contributed by atoms with Crippen LogP contribution in [0.15, 0.2) is 18.5 Å². The molecule has 2 nitrogen and oxygen atoms in total. The zero-order valence-corrected chi connectivity index (χ0v) is 4.26. The fourth-order valence-electron chi connectivity index (χ4n) is 0.281. The molecule has 0 bridgehead atoms. The largest absolute Gasteiger partial charge is 0.227 e. The van der Waals surface area contributed by atoms with E-state index in [0.717, 1.165) is 0 Å². The van der Waals surface area contributed by atoms with Gasteiger partial charge in [0.05, 0.1) is 0 Å². The maximum Gasteiger partial charge on any atom is 0.222 e. The van der Waals surface area contributed by atoms with Crippen LogP contribution < -0.4 is 0 Å². The van der Waals surface area contributed by atoms with Crippen molar-refractivity contribution in [2.24, 2.45) is 0 Å². The molecule has 0 N–H and O–H groups in total. The minimum atomic E-state index is 0.294. The molecule has 1 rings (SSSR count). The third-order valence-corrected chi connectivity index (χ3v) is 0.729. The lowest BCUT2D eigenvalue weighted by Crippen LogP contribution is -1.73. The summed E-state index contributed by atoms with van der Waals surface area (Å²) in [4.78, 5) is 7.27. The van der Waals surface area contributed by atoms with Crippen LogP contribution in [0.1, 0.15) is 0 Å². The number of hydrogen-bond donors (Lipinski definition) is 0. The first-order valence-electron chi connectivity index (χ1n) is 1.82. The first kappa shape index (κ1) is 4.53. The Morgan fingerprint density at radius 2 is 1.86 bits per heavy atom. The smallest absolute Gasteiger partial charge is 0.222 e. The summed E-state index contributed by atoms with van der Waals surface area (Å²) in [7, 11) is 0. The predicted molar refractivity (Wildman–Crippen MR) is 27.0 cm³/mol. The lowest BCUT2D eigenvalue weighted by atomic mass is 10.7. The molecule has 0 aliphatic carbocycles. The molecule has 0 aliphatic rings. The Kier molecular flexibility index (Phi) is 1.22. The molecule has 1 aromatic heterocycles. The highest BCUT2D eigenvalue weighted by molar-refractivity contribution is 6.28. The lowest BCUT2D eigenvalue weighted by molar-refractivity contribution is 1.17. The summed E-state index contributed by atoms with van der Waals surface area (Å²) in [5.74, 6) is 0. The monoisotopic (exact) mass is 115 g/mol. The quantitative estimate of drug-likeness (QED) is 0.474. The topological polar surface area (TPSA) is 25.8 Å². The van der Waals surface area contributed by atoms with Gasteiger partial charge in [-0.1, -0.05) is 0 Å². The minimum Gasteiger partial charge on any atom is -0.227 e. The number of halogens is 1. The van der Waals surface area contributed by atoms with Crippen LogP contribution in [0, 0.1) is 0 Å². The van der Waals surface area contributed by atoms with Gasteiger partial charge in [-0.15, -0.1) is 0 Å². The summed E-state index contributed by atoms with van der Waals surface area (Å²) in [6.07, 6.45) is 3.19. The highest BCUT2D eigenvalue weighted by Crippen LogP contribution is 1.92. The summed E-state index contributed by atoms with van der Waals surface area (Å²) >= 11 is 5.32. The molecule has 0 saturated carbocycles. The molecule has 3 heteroatoms. The summed E-state index contributed by atoms with van der Waals surface area (Å²) in [6.45, 7) is 0. The van der Waals surface area contributed by atoms with Crippen molar-refractivity contribution in [3.8, 4) is 0 Å². The van der Waals surface area contributed by atoms with E-state index in [1.165, 1.54) is 0 Å². The van der Waals surface area contributed by atoms with Crippen molar-refractivity contribution in [1.29, 1.82) is 0 Å². The number of rotatable bonds is 0. The maximum absolute atomic E-state index is 5.32. The van der Waals surface area contributed by atoms with Gasteiger partial charge in [-0.05, 0) is 17.7 Å². The molecular weight excluding hydrogens is 113 g/mol. The second kappa shape index (κ2) is 1.89. The molecule has 7 heavy (non-hydrogen) atoms. The summed E-state index contributed by atoms with van der Waals surface area (Å²) in [6, 6.07) is 1.71. The van der Waals surface area contributed by atoms with Gasteiger partial charge in [0, 0.05) is 12.4 Å². The first-order valence-corrected chi connectivity index (χ1v) is 2.20. The van der Waals surface area contributed by atoms with Crippen molar-refractivity contribution >= 4 is 11.6 Å². The van der Waals surface area contributed by atoms with Crippen LogP contribution in [-0.2, 0) is 0 Å². The Bertz CT molecular complexity index is 140. The Labute approximate surface area is 46.2 Å². The molecule has 1 aromatic rings. The van der Waals surface area contributed by atoms with Gasteiger partial charge in [0.15, 0.2) is 0 Å². The van der Waals surface area contributed by atoms with Gasteiger partial charge in [0.25, 0.3) is 0 Å². The molecule has 0 unspecified atom stereocenters. The van der Waals surface area contributed by atoms with Crippen LogP contribution in [0.3, 0.4) is 0 Å². The van der Waals surface area contributed by atoms with Gasteiger partial charge in [0.1, 0.15) is 0 Å². The van der Waals surface area contributed by atoms with E-state index in [2.05, 4.69) is 9.97 Å². The van der Waals surface area contributed by atoms with Crippen LogP contribution in [0.4, 0.5) is 0 Å². The van der Waals surface area contributed by atoms with Crippen molar-refractivity contribution in [3.63, 3.8) is 0 Å². The standard InChI is InChI=1S/C4H3ClN2/c5-4-6-2-1-3-7-4/h1-3H/i4+1. The maximum atomic E-state index is 5.32. The molecule has 1 heterocycles. The van der Waals surface area contributed by atoms with Crippen LogP contribution in [0.5, 0.6) is 0 Å². The highest BCUT2D eigenvalue weighted by atomic mass is 35.5. The van der Waals surface area contributed by atoms with Crippen LogP contribution in [0.25, 0.3) is 0 Å². The zero-order chi connectivity index (χ0) is 5.11. The molecule has 0 amide bonds. The van der Waals surface area contributed by atoms with E-state index < -0.39 is 0 Å². The SMILES string of the molecule is Cl[13c]1ncccn1. The predicted octanol–water partition coefficient (Wildman–Crippen LogP) is 1.13. The molecule has 0 aliphatic heterocycles. The van der Waals surface area contributed by atoms with E-state index in [1.54, 1.807) is 18.5 Å². The molecule has 0 atom stereocenters. The van der Waals surface area contributed by atoms with Crippen LogP contribution >= 0.6 is 11.6 Å². The average Bonchev–Trinajstić information content (AvgIpc) is 1.69. The number of hydrogen-bond acceptors (Lipinski definition) is 2. The highest BCUT2D eigenvalue weighted by Gasteiger charge is 1.78. The van der Waals surface area contributed by atoms with E-state index in [9.17, 15) is 0 Å². The first-order chi connectivity index (χ1) is 3.39. The van der Waals surface area contributed by atoms with Gasteiger partial charge >= 0.3 is 0 Å². The van der Waals surface area contributed by atoms with Gasteiger partial charge in [-0.2, -0.15) is 0 Å². The summed E-state index contributed by atoms with van der Waals surface area (Å²) in [5, 5.41) is 0.294. The third kappa shape index (κ3) is 1.12. The average molecular weight is 116 g/mol. The molecule has 0 radical (unpaired) electrons. The van der Waals surface area contributed by atoms with Crippen LogP contribution in [-0.4, -0.2) is 9.97 Å². The molecule has 36 valence electrons. The van der Waals surface area contributed by atoms with Crippen molar-refractivity contribution in [1.82, 2.24) is 9.97 Å². The molecule has 0 saturated heterocycles. The number of nitrogens with zero attached hydrogens (tertiary/aromatic N) is 2. The molecule has 0 aromatic carbocycles. The van der Waals surface area contributed by atoms with Crippen molar-refractivity contribution in [2.75, 3.05) is 0 Å². The van der Waals surface area contributed by atoms with Crippen LogP contribution in [0.2, 0.25) is 5.28 Å². The van der Waals surface area contributed by atoms with Gasteiger partial charge in [-0.25, -0.2) is 9.97 Å². The van der Waals surface area contributed by atoms with E-state index in [4.69, 9.17) is 11.6 Å². The fraction of sp³-hybridized carbons (Fsp3) is 0. The Morgan fingerprint density at radius 3 is 2.14 bits per heavy atom. The van der Waals surface area contributed by atoms with Crippen molar-refractivity contribution in [2.45, 2.75) is 0 Å². The second-order valence-corrected chi connectivity index (χ2v) is 1.36. The second-order valence-electron chi connectivity index (χ2n) is 1.02. The summed E-state index contributed by atoms with van der Waals surface area (Å²) < 4.78 is 0. The van der Waals surface area contributed by atoms with Crippen molar-refractivity contribution in [3.05, 3.63) is 23.7 Å². The van der Waals surface area contributed by atoms with E-state index in [0.29, 0.717) is 5.28 Å². The van der Waals surface area contributed by atoms with Gasteiger partial charge in [-0.3, -0.25) is 0 Å². The Hall–Kier alpha value is -0.630. The molecule has 0 fully saturated rings. The molecular formula is C4H3ClN2. The third-order valence-electron chi connectivity index (χ3n) is 0.534. The Morgan fingerprint density at radius 1 is 1.29 bits per heavy atom. The van der Waals surface area contributed by atoms with E-state index in [1.807, 2.05) is 0 Å². The number of aromatic nitrogens is 2. The Balaban J connectivity index is 3.02. The summed E-state index contributed by atoms with van der Waals surface area (Å²) in [5.41, 5.74) is 0. The fourth-order valence-corrected chi connectivity index (χ4v) is 0.394. The van der Waals surface area contributed by atoms with Gasteiger partial charge < -0.3 is 0 Å². The minimum absolute atomic E-state index is 0.294. The van der Waals surface area contributed by atoms with E-state index in [-0.39, 0.29) is 0 Å².